The van der Waals surface area contributed by atoms with Crippen LogP contribution in [0.3, 0.4) is 0 Å². The molecule has 0 fully saturated rings. The van der Waals surface area contributed by atoms with E-state index in [1.165, 1.54) is 6.33 Å². The molecule has 1 atom stereocenters. The second kappa shape index (κ2) is 5.23. The highest BCUT2D eigenvalue weighted by molar-refractivity contribution is 9.10. The Morgan fingerprint density at radius 2 is 2.11 bits per heavy atom. The molecule has 0 aliphatic rings. The quantitative estimate of drug-likeness (QED) is 0.921. The van der Waals surface area contributed by atoms with Crippen molar-refractivity contribution in [2.24, 2.45) is 5.73 Å². The van der Waals surface area contributed by atoms with Gasteiger partial charge in [0.15, 0.2) is 11.4 Å². The highest BCUT2D eigenvalue weighted by Crippen LogP contribution is 2.25. The lowest BCUT2D eigenvalue weighted by Gasteiger charge is -2.11. The van der Waals surface area contributed by atoms with Gasteiger partial charge in [0.2, 0.25) is 0 Å². The maximum absolute atomic E-state index is 9.10. The van der Waals surface area contributed by atoms with Gasteiger partial charge >= 0.3 is 0 Å². The minimum Gasteiger partial charge on any atom is -0.324 e. The second-order valence-corrected chi connectivity index (χ2v) is 4.88. The zero-order valence-electron chi connectivity index (χ0n) is 10.1. The number of benzene rings is 1. The molecule has 0 aliphatic heterocycles. The SMILES string of the molecule is C[C@H](N)c1ccc(-n2cnc(C#N)c2C#N)cc1Br. The number of hydrogen-bond donors (Lipinski definition) is 1. The Balaban J connectivity index is 2.56. The molecular weight excluding hydrogens is 306 g/mol. The number of nitriles is 2. The van der Waals surface area contributed by atoms with Crippen LogP contribution in [0.2, 0.25) is 0 Å². The van der Waals surface area contributed by atoms with Crippen molar-refractivity contribution in [3.05, 3.63) is 46.0 Å². The van der Waals surface area contributed by atoms with Gasteiger partial charge in [-0.05, 0) is 24.6 Å². The third kappa shape index (κ3) is 2.37. The van der Waals surface area contributed by atoms with Crippen LogP contribution in [-0.4, -0.2) is 9.55 Å². The molecule has 0 saturated carbocycles. The molecule has 2 aromatic rings. The van der Waals surface area contributed by atoms with Gasteiger partial charge in [-0.2, -0.15) is 10.5 Å². The molecule has 0 bridgehead atoms. The third-order valence-corrected chi connectivity index (χ3v) is 3.42. The van der Waals surface area contributed by atoms with Crippen molar-refractivity contribution in [1.29, 1.82) is 10.5 Å². The molecule has 2 rings (SSSR count). The van der Waals surface area contributed by atoms with Crippen LogP contribution in [0.25, 0.3) is 5.69 Å². The molecule has 6 heteroatoms. The Morgan fingerprint density at radius 3 is 2.63 bits per heavy atom. The van der Waals surface area contributed by atoms with E-state index in [0.717, 1.165) is 15.7 Å². The van der Waals surface area contributed by atoms with Crippen LogP contribution in [0.4, 0.5) is 0 Å². The van der Waals surface area contributed by atoms with Crippen molar-refractivity contribution in [1.82, 2.24) is 9.55 Å². The lowest BCUT2D eigenvalue weighted by Crippen LogP contribution is -2.06. The molecule has 1 heterocycles. The first-order valence-corrected chi connectivity index (χ1v) is 6.30. The van der Waals surface area contributed by atoms with Gasteiger partial charge in [0.1, 0.15) is 18.5 Å². The van der Waals surface area contributed by atoms with Crippen LogP contribution in [-0.2, 0) is 0 Å². The van der Waals surface area contributed by atoms with E-state index in [1.807, 2.05) is 37.3 Å². The Morgan fingerprint density at radius 1 is 1.37 bits per heavy atom. The lowest BCUT2D eigenvalue weighted by atomic mass is 10.1. The summed E-state index contributed by atoms with van der Waals surface area (Å²) in [6, 6.07) is 9.37. The van der Waals surface area contributed by atoms with Crippen molar-refractivity contribution >= 4 is 15.9 Å². The maximum atomic E-state index is 9.10. The standard InChI is InChI=1S/C13H10BrN5/c1-8(17)10-3-2-9(4-11(10)14)19-7-18-12(5-15)13(19)6-16/h2-4,7-8H,17H2,1H3/t8-/m0/s1. The molecule has 0 saturated heterocycles. The molecule has 1 aromatic heterocycles. The molecule has 5 nitrogen and oxygen atoms in total. The molecule has 94 valence electrons. The summed E-state index contributed by atoms with van der Waals surface area (Å²) in [5, 5.41) is 18.0. The van der Waals surface area contributed by atoms with E-state index in [-0.39, 0.29) is 17.4 Å². The first-order valence-electron chi connectivity index (χ1n) is 5.51. The first-order chi connectivity index (χ1) is 9.08. The molecule has 1 aromatic carbocycles. The molecule has 2 N–H and O–H groups in total. The van der Waals surface area contributed by atoms with Gasteiger partial charge in [0.05, 0.1) is 0 Å². The van der Waals surface area contributed by atoms with Crippen molar-refractivity contribution in [3.8, 4) is 17.8 Å². The van der Waals surface area contributed by atoms with E-state index in [2.05, 4.69) is 20.9 Å². The Hall–Kier alpha value is -2.15. The summed E-state index contributed by atoms with van der Waals surface area (Å²) in [4.78, 5) is 3.91. The number of rotatable bonds is 2. The molecular formula is C13H10BrN5. The summed E-state index contributed by atoms with van der Waals surface area (Å²) in [6.45, 7) is 1.89. The van der Waals surface area contributed by atoms with E-state index >= 15 is 0 Å². The van der Waals surface area contributed by atoms with Crippen molar-refractivity contribution in [2.75, 3.05) is 0 Å². The van der Waals surface area contributed by atoms with Gasteiger partial charge in [-0.1, -0.05) is 22.0 Å². The zero-order chi connectivity index (χ0) is 14.0. The number of aromatic nitrogens is 2. The van der Waals surface area contributed by atoms with Gasteiger partial charge in [-0.25, -0.2) is 4.98 Å². The van der Waals surface area contributed by atoms with Crippen molar-refractivity contribution in [3.63, 3.8) is 0 Å². The van der Waals surface area contributed by atoms with Crippen LogP contribution < -0.4 is 5.73 Å². The second-order valence-electron chi connectivity index (χ2n) is 4.03. The topological polar surface area (TPSA) is 91.4 Å². The normalized spacial score (nSPS) is 11.6. The highest BCUT2D eigenvalue weighted by atomic mass is 79.9. The fourth-order valence-corrected chi connectivity index (χ4v) is 2.50. The predicted octanol–water partition coefficient (Wildman–Crippen LogP) is 2.40. The smallest absolute Gasteiger partial charge is 0.177 e. The summed E-state index contributed by atoms with van der Waals surface area (Å²) in [5.74, 6) is 0. The number of nitrogens with two attached hydrogens (primary N) is 1. The van der Waals surface area contributed by atoms with Crippen LogP contribution in [0.1, 0.15) is 29.9 Å². The fourth-order valence-electron chi connectivity index (χ4n) is 1.77. The van der Waals surface area contributed by atoms with Gasteiger partial charge < -0.3 is 5.73 Å². The molecule has 0 unspecified atom stereocenters. The monoisotopic (exact) mass is 315 g/mol. The third-order valence-electron chi connectivity index (χ3n) is 2.73. The highest BCUT2D eigenvalue weighted by Gasteiger charge is 2.13. The minimum atomic E-state index is -0.0867. The van der Waals surface area contributed by atoms with E-state index < -0.39 is 0 Å². The average Bonchev–Trinajstić information content (AvgIpc) is 2.80. The average molecular weight is 316 g/mol. The van der Waals surface area contributed by atoms with Crippen molar-refractivity contribution < 1.29 is 0 Å². The maximum Gasteiger partial charge on any atom is 0.177 e. The lowest BCUT2D eigenvalue weighted by molar-refractivity contribution is 0.812. The number of nitrogens with zero attached hydrogens (tertiary/aromatic N) is 4. The molecule has 0 spiro atoms. The fraction of sp³-hybridized carbons (Fsp3) is 0.154. The summed E-state index contributed by atoms with van der Waals surface area (Å²) in [5.41, 5.74) is 7.91. The largest absolute Gasteiger partial charge is 0.324 e. The molecule has 0 aliphatic carbocycles. The van der Waals surface area contributed by atoms with Crippen molar-refractivity contribution in [2.45, 2.75) is 13.0 Å². The predicted molar refractivity (Wildman–Crippen MR) is 73.3 cm³/mol. The number of imidazole rings is 1. The van der Waals surface area contributed by atoms with Gasteiger partial charge in [-0.15, -0.1) is 0 Å². The summed E-state index contributed by atoms with van der Waals surface area (Å²) in [7, 11) is 0. The Bertz CT molecular complexity index is 703. The van der Waals surface area contributed by atoms with Gasteiger partial charge in [-0.3, -0.25) is 4.57 Å². The molecule has 19 heavy (non-hydrogen) atoms. The van der Waals surface area contributed by atoms with E-state index in [1.54, 1.807) is 4.57 Å². The van der Waals surface area contributed by atoms with E-state index in [4.69, 9.17) is 16.3 Å². The summed E-state index contributed by atoms with van der Waals surface area (Å²) >= 11 is 3.45. The Kier molecular flexibility index (Phi) is 3.66. The van der Waals surface area contributed by atoms with Crippen LogP contribution in [0.15, 0.2) is 29.0 Å². The van der Waals surface area contributed by atoms with E-state index in [0.29, 0.717) is 0 Å². The summed E-state index contributed by atoms with van der Waals surface area (Å²) < 4.78 is 2.44. The van der Waals surface area contributed by atoms with Crippen LogP contribution in [0.5, 0.6) is 0 Å². The Labute approximate surface area is 119 Å². The molecule has 0 amide bonds. The van der Waals surface area contributed by atoms with Crippen LogP contribution in [0, 0.1) is 22.7 Å². The van der Waals surface area contributed by atoms with Crippen LogP contribution >= 0.6 is 15.9 Å². The molecule has 0 radical (unpaired) electrons. The first kappa shape index (κ1) is 13.3. The minimum absolute atomic E-state index is 0.0867. The number of hydrogen-bond acceptors (Lipinski definition) is 4. The zero-order valence-corrected chi connectivity index (χ0v) is 11.7. The van der Waals surface area contributed by atoms with Gasteiger partial charge in [0.25, 0.3) is 0 Å². The number of halogens is 1. The van der Waals surface area contributed by atoms with E-state index in [9.17, 15) is 0 Å². The summed E-state index contributed by atoms with van der Waals surface area (Å²) in [6.07, 6.45) is 1.46. The van der Waals surface area contributed by atoms with Gasteiger partial charge in [0, 0.05) is 16.2 Å².